The van der Waals surface area contributed by atoms with Gasteiger partial charge in [-0.15, -0.1) is 6.58 Å². The number of esters is 2. The van der Waals surface area contributed by atoms with Crippen LogP contribution in [0.3, 0.4) is 0 Å². The standard InChI is InChI=1S/C28H50O9S/c1-3-5-6-7-8-9-10-11-12-13-14-15-16-17-18-19-21-36-27(30)22-26(38(32,33)34)28(31)37-24-25(29)23-35-20-4-2/h4,11-12,25-26,29H,2-3,5-10,13-24H2,1H3,(H,32,33,34). The average Bonchev–Trinajstić information content (AvgIpc) is 2.87. The zero-order valence-corrected chi connectivity index (χ0v) is 24.0. The molecule has 0 fully saturated rings. The maximum atomic E-state index is 12.1. The van der Waals surface area contributed by atoms with Crippen molar-refractivity contribution in [3.05, 3.63) is 24.8 Å². The van der Waals surface area contributed by atoms with Gasteiger partial charge in [-0.3, -0.25) is 14.1 Å². The molecule has 0 aliphatic rings. The van der Waals surface area contributed by atoms with Gasteiger partial charge in [0.2, 0.25) is 0 Å². The van der Waals surface area contributed by atoms with Gasteiger partial charge in [0.15, 0.2) is 5.25 Å². The van der Waals surface area contributed by atoms with Crippen molar-refractivity contribution in [3.63, 3.8) is 0 Å². The number of hydrogen-bond donors (Lipinski definition) is 2. The van der Waals surface area contributed by atoms with Gasteiger partial charge in [-0.2, -0.15) is 8.42 Å². The van der Waals surface area contributed by atoms with Crippen LogP contribution in [0.25, 0.3) is 0 Å². The molecule has 10 heteroatoms. The van der Waals surface area contributed by atoms with Crippen LogP contribution in [0.1, 0.15) is 103 Å². The number of hydrogen-bond acceptors (Lipinski definition) is 8. The van der Waals surface area contributed by atoms with Crippen LogP contribution < -0.4 is 0 Å². The van der Waals surface area contributed by atoms with Crippen molar-refractivity contribution in [2.45, 2.75) is 115 Å². The van der Waals surface area contributed by atoms with E-state index in [4.69, 9.17) is 14.2 Å². The van der Waals surface area contributed by atoms with E-state index >= 15 is 0 Å². The van der Waals surface area contributed by atoms with Gasteiger partial charge in [0, 0.05) is 0 Å². The zero-order valence-electron chi connectivity index (χ0n) is 23.2. The first-order chi connectivity index (χ1) is 18.2. The van der Waals surface area contributed by atoms with Gasteiger partial charge < -0.3 is 19.3 Å². The van der Waals surface area contributed by atoms with E-state index in [0.29, 0.717) is 6.42 Å². The fraction of sp³-hybridized carbons (Fsp3) is 0.786. The summed E-state index contributed by atoms with van der Waals surface area (Å²) in [4.78, 5) is 24.0. The van der Waals surface area contributed by atoms with Gasteiger partial charge in [-0.1, -0.05) is 82.9 Å². The van der Waals surface area contributed by atoms with Crippen molar-refractivity contribution >= 4 is 22.1 Å². The smallest absolute Gasteiger partial charge is 0.327 e. The predicted octanol–water partition coefficient (Wildman–Crippen LogP) is 5.32. The van der Waals surface area contributed by atoms with E-state index in [-0.39, 0.29) is 19.8 Å². The summed E-state index contributed by atoms with van der Waals surface area (Å²) >= 11 is 0. The highest BCUT2D eigenvalue weighted by Crippen LogP contribution is 2.12. The summed E-state index contributed by atoms with van der Waals surface area (Å²) in [6.07, 6.45) is 20.1. The minimum absolute atomic E-state index is 0.104. The van der Waals surface area contributed by atoms with Gasteiger partial charge in [-0.25, -0.2) is 0 Å². The Morgan fingerprint density at radius 2 is 1.39 bits per heavy atom. The molecule has 0 radical (unpaired) electrons. The van der Waals surface area contributed by atoms with E-state index in [0.717, 1.165) is 38.5 Å². The fourth-order valence-corrected chi connectivity index (χ4v) is 4.32. The molecule has 2 unspecified atom stereocenters. The largest absolute Gasteiger partial charge is 0.466 e. The highest BCUT2D eigenvalue weighted by atomic mass is 32.2. The summed E-state index contributed by atoms with van der Waals surface area (Å²) in [5, 5.41) is 7.55. The minimum Gasteiger partial charge on any atom is -0.466 e. The van der Waals surface area contributed by atoms with E-state index in [2.05, 4.69) is 25.7 Å². The molecule has 0 amide bonds. The Hall–Kier alpha value is -1.75. The summed E-state index contributed by atoms with van der Waals surface area (Å²) in [6.45, 7) is 5.26. The van der Waals surface area contributed by atoms with Crippen molar-refractivity contribution in [2.24, 2.45) is 0 Å². The van der Waals surface area contributed by atoms with Gasteiger partial charge in [0.05, 0.1) is 26.2 Å². The van der Waals surface area contributed by atoms with Crippen LogP contribution in [0.5, 0.6) is 0 Å². The monoisotopic (exact) mass is 562 g/mol. The zero-order chi connectivity index (χ0) is 28.5. The normalized spacial score (nSPS) is 13.3. The lowest BCUT2D eigenvalue weighted by molar-refractivity contribution is -0.152. The van der Waals surface area contributed by atoms with Gasteiger partial charge in [0.25, 0.3) is 10.1 Å². The maximum Gasteiger partial charge on any atom is 0.327 e. The Morgan fingerprint density at radius 3 is 1.95 bits per heavy atom. The molecular formula is C28H50O9S. The van der Waals surface area contributed by atoms with Crippen LogP contribution in [0, 0.1) is 0 Å². The van der Waals surface area contributed by atoms with Crippen LogP contribution in [0.2, 0.25) is 0 Å². The van der Waals surface area contributed by atoms with Crippen LogP contribution >= 0.6 is 0 Å². The van der Waals surface area contributed by atoms with Crippen LogP contribution in [-0.2, 0) is 33.9 Å². The topological polar surface area (TPSA) is 136 Å². The summed E-state index contributed by atoms with van der Waals surface area (Å²) in [7, 11) is -4.90. The molecule has 0 aliphatic heterocycles. The van der Waals surface area contributed by atoms with E-state index in [9.17, 15) is 27.7 Å². The van der Waals surface area contributed by atoms with Crippen molar-refractivity contribution in [2.75, 3.05) is 26.4 Å². The van der Waals surface area contributed by atoms with Gasteiger partial charge in [-0.05, 0) is 32.1 Å². The van der Waals surface area contributed by atoms with Gasteiger partial charge >= 0.3 is 11.9 Å². The number of unbranched alkanes of at least 4 members (excludes halogenated alkanes) is 12. The third kappa shape index (κ3) is 22.3. The van der Waals surface area contributed by atoms with Crippen LogP contribution in [0.15, 0.2) is 24.8 Å². The van der Waals surface area contributed by atoms with Crippen molar-refractivity contribution < 1.29 is 41.9 Å². The molecule has 9 nitrogen and oxygen atoms in total. The summed E-state index contributed by atoms with van der Waals surface area (Å²) in [5.41, 5.74) is 0. The Bertz CT molecular complexity index is 749. The van der Waals surface area contributed by atoms with Crippen molar-refractivity contribution in [1.82, 2.24) is 0 Å². The third-order valence-corrected chi connectivity index (χ3v) is 6.94. The molecule has 0 rings (SSSR count). The molecule has 0 bridgehead atoms. The fourth-order valence-electron chi connectivity index (χ4n) is 3.66. The average molecular weight is 563 g/mol. The van der Waals surface area contributed by atoms with Gasteiger partial charge in [0.1, 0.15) is 12.7 Å². The number of aliphatic hydroxyl groups is 1. The molecule has 0 aromatic carbocycles. The number of allylic oxidation sites excluding steroid dienone is 2. The molecule has 0 heterocycles. The highest BCUT2D eigenvalue weighted by molar-refractivity contribution is 7.87. The molecule has 0 spiro atoms. The first-order valence-electron chi connectivity index (χ1n) is 14.0. The molecule has 0 aromatic heterocycles. The van der Waals surface area contributed by atoms with E-state index in [1.54, 1.807) is 0 Å². The third-order valence-electron chi connectivity index (χ3n) is 5.86. The highest BCUT2D eigenvalue weighted by Gasteiger charge is 2.36. The molecular weight excluding hydrogens is 512 g/mol. The number of ether oxygens (including phenoxy) is 3. The molecule has 0 saturated heterocycles. The van der Waals surface area contributed by atoms with Crippen LogP contribution in [-0.4, -0.2) is 67.8 Å². The number of rotatable bonds is 26. The Labute approximate surface area is 229 Å². The number of carbonyl (C=O) groups is 2. The number of aliphatic hydroxyl groups excluding tert-OH is 1. The van der Waals surface area contributed by atoms with E-state index in [1.165, 1.54) is 51.0 Å². The second kappa shape index (κ2) is 24.3. The Balaban J connectivity index is 3.90. The Kier molecular flexibility index (Phi) is 23.2. The Morgan fingerprint density at radius 1 is 0.842 bits per heavy atom. The molecule has 2 N–H and O–H groups in total. The lowest BCUT2D eigenvalue weighted by atomic mass is 10.1. The molecule has 2 atom stereocenters. The summed E-state index contributed by atoms with van der Waals surface area (Å²) in [6, 6.07) is 0. The molecule has 0 aliphatic carbocycles. The second-order valence-electron chi connectivity index (χ2n) is 9.48. The van der Waals surface area contributed by atoms with E-state index in [1.807, 2.05) is 0 Å². The molecule has 38 heavy (non-hydrogen) atoms. The number of carbonyl (C=O) groups excluding carboxylic acids is 2. The van der Waals surface area contributed by atoms with Crippen LogP contribution in [0.4, 0.5) is 0 Å². The second-order valence-corrected chi connectivity index (χ2v) is 11.1. The quantitative estimate of drug-likeness (QED) is 0.0621. The molecule has 0 aromatic rings. The first kappa shape index (κ1) is 36.2. The van der Waals surface area contributed by atoms with Crippen molar-refractivity contribution in [1.29, 1.82) is 0 Å². The minimum atomic E-state index is -4.90. The van der Waals surface area contributed by atoms with Crippen molar-refractivity contribution in [3.8, 4) is 0 Å². The maximum absolute atomic E-state index is 12.1. The lowest BCUT2D eigenvalue weighted by Crippen LogP contribution is -2.36. The molecule has 0 saturated carbocycles. The predicted molar refractivity (Wildman–Crippen MR) is 148 cm³/mol. The summed E-state index contributed by atoms with van der Waals surface area (Å²) in [5.74, 6) is -2.27. The summed E-state index contributed by atoms with van der Waals surface area (Å²) < 4.78 is 47.1. The SMILES string of the molecule is C=CCOCC(O)COC(=O)C(CC(=O)OCCCCCCCCC=CCCCCCCCC)S(=O)(=O)O. The lowest BCUT2D eigenvalue weighted by Gasteiger charge is -2.15. The molecule has 222 valence electrons. The first-order valence-corrected chi connectivity index (χ1v) is 15.5. The van der Waals surface area contributed by atoms with E-state index < -0.39 is 46.4 Å².